The minimum atomic E-state index is 0.248. The van der Waals surface area contributed by atoms with E-state index in [0.29, 0.717) is 6.42 Å². The third-order valence-corrected chi connectivity index (χ3v) is 3.69. The molecule has 0 atom stereocenters. The van der Waals surface area contributed by atoms with Crippen molar-refractivity contribution in [2.75, 3.05) is 13.1 Å². The average molecular weight is 258 g/mol. The van der Waals surface area contributed by atoms with Gasteiger partial charge in [-0.2, -0.15) is 0 Å². The van der Waals surface area contributed by atoms with Crippen molar-refractivity contribution in [3.8, 4) is 0 Å². The van der Waals surface area contributed by atoms with E-state index in [1.165, 1.54) is 16.5 Å². The van der Waals surface area contributed by atoms with Crippen molar-refractivity contribution in [1.29, 1.82) is 0 Å². The molecule has 1 aromatic heterocycles. The number of hydrogen-bond donors (Lipinski definition) is 0. The highest BCUT2D eigenvalue weighted by Gasteiger charge is 2.09. The van der Waals surface area contributed by atoms with Gasteiger partial charge in [0.1, 0.15) is 0 Å². The monoisotopic (exact) mass is 258 g/mol. The predicted molar refractivity (Wildman–Crippen MR) is 79.2 cm³/mol. The second kappa shape index (κ2) is 5.91. The van der Waals surface area contributed by atoms with Crippen LogP contribution in [0.25, 0.3) is 10.9 Å². The molecule has 3 nitrogen and oxygen atoms in total. The van der Waals surface area contributed by atoms with E-state index in [-0.39, 0.29) is 5.91 Å². The van der Waals surface area contributed by atoms with Crippen molar-refractivity contribution in [2.45, 2.75) is 26.7 Å². The van der Waals surface area contributed by atoms with Crippen LogP contribution < -0.4 is 0 Å². The molecule has 0 aliphatic heterocycles. The fourth-order valence-corrected chi connectivity index (χ4v) is 2.47. The number of rotatable bonds is 5. The van der Waals surface area contributed by atoms with Crippen LogP contribution in [0.2, 0.25) is 0 Å². The predicted octanol–water partition coefficient (Wildman–Crippen LogP) is 2.98. The van der Waals surface area contributed by atoms with E-state index in [9.17, 15) is 4.79 Å². The second-order valence-electron chi connectivity index (χ2n) is 4.89. The average Bonchev–Trinajstić information content (AvgIpc) is 2.79. The molecule has 2 rings (SSSR count). The first-order valence-corrected chi connectivity index (χ1v) is 6.97. The standard InChI is InChI=1S/C16H22N2O/c1-4-18(5-2)16(19)9-7-13-6-8-15-14(12-13)10-11-17(15)3/h6,8,10-12H,4-5,7,9H2,1-3H3. The van der Waals surface area contributed by atoms with E-state index in [1.807, 2.05) is 25.8 Å². The number of aromatic nitrogens is 1. The number of hydrogen-bond acceptors (Lipinski definition) is 1. The SMILES string of the molecule is CCN(CC)C(=O)CCc1ccc2c(ccn2C)c1. The van der Waals surface area contributed by atoms with E-state index in [1.54, 1.807) is 0 Å². The molecule has 0 saturated heterocycles. The van der Waals surface area contributed by atoms with Crippen molar-refractivity contribution < 1.29 is 4.79 Å². The first-order valence-electron chi connectivity index (χ1n) is 6.97. The highest BCUT2D eigenvalue weighted by Crippen LogP contribution is 2.17. The van der Waals surface area contributed by atoms with Crippen LogP contribution in [0.1, 0.15) is 25.8 Å². The Kier molecular flexibility index (Phi) is 4.25. The summed E-state index contributed by atoms with van der Waals surface area (Å²) in [6.07, 6.45) is 3.48. The third kappa shape index (κ3) is 2.98. The normalized spacial score (nSPS) is 10.9. The maximum absolute atomic E-state index is 12.0. The van der Waals surface area contributed by atoms with Crippen molar-refractivity contribution in [3.05, 3.63) is 36.0 Å². The summed E-state index contributed by atoms with van der Waals surface area (Å²) in [6.45, 7) is 5.65. The van der Waals surface area contributed by atoms with Crippen LogP contribution in [-0.2, 0) is 18.3 Å². The first kappa shape index (κ1) is 13.7. The molecule has 0 aliphatic carbocycles. The molecule has 0 N–H and O–H groups in total. The van der Waals surface area contributed by atoms with Gasteiger partial charge in [-0.1, -0.05) is 6.07 Å². The van der Waals surface area contributed by atoms with Gasteiger partial charge in [-0.3, -0.25) is 4.79 Å². The molecular formula is C16H22N2O. The summed E-state index contributed by atoms with van der Waals surface area (Å²) < 4.78 is 2.11. The quantitative estimate of drug-likeness (QED) is 0.809. The summed E-state index contributed by atoms with van der Waals surface area (Å²) in [5.41, 5.74) is 2.47. The number of nitrogens with zero attached hydrogens (tertiary/aromatic N) is 2. The third-order valence-electron chi connectivity index (χ3n) is 3.69. The Morgan fingerprint density at radius 2 is 1.95 bits per heavy atom. The molecule has 102 valence electrons. The van der Waals surface area contributed by atoms with Crippen LogP contribution in [0.4, 0.5) is 0 Å². The first-order chi connectivity index (χ1) is 9.15. The van der Waals surface area contributed by atoms with Crippen LogP contribution in [0.5, 0.6) is 0 Å². The van der Waals surface area contributed by atoms with Gasteiger partial charge in [-0.15, -0.1) is 0 Å². The lowest BCUT2D eigenvalue weighted by Gasteiger charge is -2.18. The summed E-state index contributed by atoms with van der Waals surface area (Å²) in [6, 6.07) is 8.56. The Hall–Kier alpha value is -1.77. The van der Waals surface area contributed by atoms with Crippen molar-refractivity contribution in [1.82, 2.24) is 9.47 Å². The highest BCUT2D eigenvalue weighted by atomic mass is 16.2. The summed E-state index contributed by atoms with van der Waals surface area (Å²) in [7, 11) is 2.05. The second-order valence-corrected chi connectivity index (χ2v) is 4.89. The molecule has 1 amide bonds. The van der Waals surface area contributed by atoms with E-state index in [4.69, 9.17) is 0 Å². The van der Waals surface area contributed by atoms with Gasteiger partial charge >= 0.3 is 0 Å². The largest absolute Gasteiger partial charge is 0.351 e. The van der Waals surface area contributed by atoms with Gasteiger partial charge in [0.2, 0.25) is 5.91 Å². The minimum absolute atomic E-state index is 0.248. The zero-order valence-electron chi connectivity index (χ0n) is 12.0. The lowest BCUT2D eigenvalue weighted by Crippen LogP contribution is -2.30. The molecule has 3 heteroatoms. The van der Waals surface area contributed by atoms with Crippen molar-refractivity contribution in [3.63, 3.8) is 0 Å². The number of fused-ring (bicyclic) bond motifs is 1. The van der Waals surface area contributed by atoms with E-state index < -0.39 is 0 Å². The number of carbonyl (C=O) groups excluding carboxylic acids is 1. The molecule has 0 saturated carbocycles. The van der Waals surface area contributed by atoms with Crippen molar-refractivity contribution >= 4 is 16.8 Å². The summed E-state index contributed by atoms with van der Waals surface area (Å²) >= 11 is 0. The topological polar surface area (TPSA) is 25.2 Å². The molecule has 0 spiro atoms. The van der Waals surface area contributed by atoms with Gasteiger partial charge in [0, 0.05) is 38.3 Å². The highest BCUT2D eigenvalue weighted by molar-refractivity contribution is 5.81. The maximum atomic E-state index is 12.0. The van der Waals surface area contributed by atoms with Crippen LogP contribution in [0.15, 0.2) is 30.5 Å². The summed E-state index contributed by atoms with van der Waals surface area (Å²) in [5, 5.41) is 1.25. The van der Waals surface area contributed by atoms with E-state index >= 15 is 0 Å². The van der Waals surface area contributed by atoms with Gasteiger partial charge in [0.25, 0.3) is 0 Å². The number of carbonyl (C=O) groups is 1. The van der Waals surface area contributed by atoms with Gasteiger partial charge in [-0.25, -0.2) is 0 Å². The van der Waals surface area contributed by atoms with Gasteiger partial charge < -0.3 is 9.47 Å². The molecule has 0 fully saturated rings. The molecule has 1 heterocycles. The zero-order chi connectivity index (χ0) is 13.8. The minimum Gasteiger partial charge on any atom is -0.351 e. The van der Waals surface area contributed by atoms with Gasteiger partial charge in [0.15, 0.2) is 0 Å². The Bertz CT molecular complexity index is 567. The molecule has 19 heavy (non-hydrogen) atoms. The Balaban J connectivity index is 2.03. The summed E-state index contributed by atoms with van der Waals surface area (Å²) in [5.74, 6) is 0.248. The van der Waals surface area contributed by atoms with Crippen LogP contribution in [-0.4, -0.2) is 28.5 Å². The molecular weight excluding hydrogens is 236 g/mol. The molecule has 2 aromatic rings. The fraction of sp³-hybridized carbons (Fsp3) is 0.438. The number of benzene rings is 1. The van der Waals surface area contributed by atoms with Crippen LogP contribution in [0.3, 0.4) is 0 Å². The molecule has 0 aliphatic rings. The van der Waals surface area contributed by atoms with Crippen molar-refractivity contribution in [2.24, 2.45) is 7.05 Å². The Morgan fingerprint density at radius 1 is 1.21 bits per heavy atom. The summed E-state index contributed by atoms with van der Waals surface area (Å²) in [4.78, 5) is 13.9. The number of aryl methyl sites for hydroxylation is 2. The lowest BCUT2D eigenvalue weighted by atomic mass is 10.1. The fourth-order valence-electron chi connectivity index (χ4n) is 2.47. The molecule has 0 radical (unpaired) electrons. The Labute approximate surface area is 114 Å². The smallest absolute Gasteiger partial charge is 0.222 e. The van der Waals surface area contributed by atoms with Gasteiger partial charge in [0.05, 0.1) is 0 Å². The molecule has 1 aromatic carbocycles. The van der Waals surface area contributed by atoms with Crippen LogP contribution in [0, 0.1) is 0 Å². The zero-order valence-corrected chi connectivity index (χ0v) is 12.0. The van der Waals surface area contributed by atoms with Crippen LogP contribution >= 0.6 is 0 Å². The Morgan fingerprint density at radius 3 is 2.63 bits per heavy atom. The van der Waals surface area contributed by atoms with E-state index in [0.717, 1.165) is 19.5 Å². The number of amides is 1. The lowest BCUT2D eigenvalue weighted by molar-refractivity contribution is -0.130. The molecule has 0 bridgehead atoms. The van der Waals surface area contributed by atoms with E-state index in [2.05, 4.69) is 35.0 Å². The maximum Gasteiger partial charge on any atom is 0.222 e. The van der Waals surface area contributed by atoms with Gasteiger partial charge in [-0.05, 0) is 49.4 Å². The molecule has 0 unspecified atom stereocenters.